The zero-order valence-electron chi connectivity index (χ0n) is 19.8. The normalized spacial score (nSPS) is 10.9. The predicted molar refractivity (Wildman–Crippen MR) is 144 cm³/mol. The minimum absolute atomic E-state index is 0.00693. The maximum atomic E-state index is 13.1. The van der Waals surface area contributed by atoms with Gasteiger partial charge in [0.25, 0.3) is 11.6 Å². The molecule has 3 rings (SSSR count). The average molecular weight is 621 g/mol. The summed E-state index contributed by atoms with van der Waals surface area (Å²) in [7, 11) is 0. The lowest BCUT2D eigenvalue weighted by Gasteiger charge is -2.20. The van der Waals surface area contributed by atoms with Crippen molar-refractivity contribution < 1.29 is 24.0 Å². The number of amides is 2. The van der Waals surface area contributed by atoms with E-state index in [2.05, 4.69) is 42.5 Å². The van der Waals surface area contributed by atoms with Crippen molar-refractivity contribution in [3.63, 3.8) is 0 Å². The van der Waals surface area contributed by atoms with E-state index in [0.29, 0.717) is 17.2 Å². The summed E-state index contributed by atoms with van der Waals surface area (Å²) in [5.41, 5.74) is 0.0202. The van der Waals surface area contributed by atoms with Gasteiger partial charge in [-0.2, -0.15) is 0 Å². The van der Waals surface area contributed by atoms with Crippen LogP contribution in [0.2, 0.25) is 0 Å². The SMILES string of the molecule is Cc1ccc(Oc2cc(Br)ccc2NC(=O)c2cc(Br)c(NC(=O)OC(C)(C)C)c([N+](=O)[O-])c2)cc1. The molecule has 0 bridgehead atoms. The van der Waals surface area contributed by atoms with Crippen LogP contribution in [0.25, 0.3) is 0 Å². The van der Waals surface area contributed by atoms with E-state index < -0.39 is 28.2 Å². The number of nitrogens with zero attached hydrogens (tertiary/aromatic N) is 1. The highest BCUT2D eigenvalue weighted by Gasteiger charge is 2.25. The van der Waals surface area contributed by atoms with E-state index >= 15 is 0 Å². The molecule has 3 aromatic carbocycles. The third kappa shape index (κ3) is 7.28. The highest BCUT2D eigenvalue weighted by atomic mass is 79.9. The summed E-state index contributed by atoms with van der Waals surface area (Å²) in [4.78, 5) is 36.3. The van der Waals surface area contributed by atoms with Gasteiger partial charge in [-0.15, -0.1) is 0 Å². The molecule has 0 aliphatic rings. The first-order chi connectivity index (χ1) is 16.8. The maximum absolute atomic E-state index is 13.1. The molecule has 0 spiro atoms. The summed E-state index contributed by atoms with van der Waals surface area (Å²) in [5.74, 6) is 0.335. The standard InChI is InChI=1S/C25H23Br2N3O6/c1-14-5-8-17(9-6-14)35-21-13-16(26)7-10-19(21)28-23(31)15-11-18(27)22(20(12-15)30(33)34)29-24(32)36-25(2,3)4/h5-13H,1-4H3,(H,28,31)(H,29,32). The van der Waals surface area contributed by atoms with Crippen LogP contribution in [0.5, 0.6) is 11.5 Å². The average Bonchev–Trinajstić information content (AvgIpc) is 2.76. The third-order valence-corrected chi connectivity index (χ3v) is 5.71. The maximum Gasteiger partial charge on any atom is 0.412 e. The second-order valence-electron chi connectivity index (χ2n) is 8.75. The molecule has 11 heteroatoms. The summed E-state index contributed by atoms with van der Waals surface area (Å²) >= 11 is 6.61. The van der Waals surface area contributed by atoms with Gasteiger partial charge >= 0.3 is 6.09 Å². The van der Waals surface area contributed by atoms with Crippen LogP contribution in [0.1, 0.15) is 36.7 Å². The van der Waals surface area contributed by atoms with Crippen LogP contribution in [0.3, 0.4) is 0 Å². The van der Waals surface area contributed by atoms with E-state index in [0.717, 1.165) is 16.1 Å². The molecule has 9 nitrogen and oxygen atoms in total. The molecule has 0 saturated heterocycles. The fraction of sp³-hybridized carbons (Fsp3) is 0.200. The van der Waals surface area contributed by atoms with E-state index in [1.54, 1.807) is 51.1 Å². The second kappa shape index (κ2) is 11.1. The summed E-state index contributed by atoms with van der Waals surface area (Å²) in [6.07, 6.45) is -0.865. The van der Waals surface area contributed by atoms with Crippen molar-refractivity contribution in [1.82, 2.24) is 0 Å². The number of benzene rings is 3. The molecular formula is C25H23Br2N3O6. The zero-order chi connectivity index (χ0) is 26.6. The van der Waals surface area contributed by atoms with Crippen molar-refractivity contribution in [2.75, 3.05) is 10.6 Å². The fourth-order valence-electron chi connectivity index (χ4n) is 3.01. The van der Waals surface area contributed by atoms with E-state index in [-0.39, 0.29) is 15.7 Å². The fourth-order valence-corrected chi connectivity index (χ4v) is 3.90. The number of nitro benzene ring substituents is 1. The Labute approximate surface area is 224 Å². The molecule has 188 valence electrons. The van der Waals surface area contributed by atoms with Gasteiger partial charge in [0.2, 0.25) is 0 Å². The van der Waals surface area contributed by atoms with Crippen LogP contribution >= 0.6 is 31.9 Å². The van der Waals surface area contributed by atoms with E-state index in [4.69, 9.17) is 9.47 Å². The highest BCUT2D eigenvalue weighted by molar-refractivity contribution is 9.10. The van der Waals surface area contributed by atoms with Gasteiger partial charge in [-0.25, -0.2) is 4.79 Å². The van der Waals surface area contributed by atoms with Crippen molar-refractivity contribution in [3.8, 4) is 11.5 Å². The predicted octanol–water partition coefficient (Wildman–Crippen LogP) is 7.82. The lowest BCUT2D eigenvalue weighted by atomic mass is 10.1. The molecule has 0 saturated carbocycles. The van der Waals surface area contributed by atoms with Crippen molar-refractivity contribution in [2.24, 2.45) is 0 Å². The molecule has 0 unspecified atom stereocenters. The zero-order valence-corrected chi connectivity index (χ0v) is 23.0. The molecule has 0 aromatic heterocycles. The second-order valence-corrected chi connectivity index (χ2v) is 10.5. The molecule has 0 aliphatic carbocycles. The number of carbonyl (C=O) groups is 2. The van der Waals surface area contributed by atoms with Crippen molar-refractivity contribution >= 4 is 60.9 Å². The first kappa shape index (κ1) is 27.2. The number of halogens is 2. The molecule has 0 radical (unpaired) electrons. The molecule has 36 heavy (non-hydrogen) atoms. The Balaban J connectivity index is 1.89. The first-order valence-corrected chi connectivity index (χ1v) is 12.2. The van der Waals surface area contributed by atoms with Gasteiger partial charge in [0, 0.05) is 20.6 Å². The Morgan fingerprint density at radius 1 is 0.972 bits per heavy atom. The third-order valence-electron chi connectivity index (χ3n) is 4.59. The van der Waals surface area contributed by atoms with Gasteiger partial charge in [-0.1, -0.05) is 33.6 Å². The van der Waals surface area contributed by atoms with Crippen molar-refractivity contribution in [1.29, 1.82) is 0 Å². The Morgan fingerprint density at radius 2 is 1.64 bits per heavy atom. The number of hydrogen-bond acceptors (Lipinski definition) is 6. The number of hydrogen-bond donors (Lipinski definition) is 2. The van der Waals surface area contributed by atoms with Gasteiger partial charge in [-0.05, 0) is 80.0 Å². The van der Waals surface area contributed by atoms with Gasteiger partial charge < -0.3 is 14.8 Å². The van der Waals surface area contributed by atoms with E-state index in [9.17, 15) is 19.7 Å². The minimum Gasteiger partial charge on any atom is -0.455 e. The number of ether oxygens (including phenoxy) is 2. The van der Waals surface area contributed by atoms with E-state index in [1.807, 2.05) is 19.1 Å². The molecule has 3 aromatic rings. The lowest BCUT2D eigenvalue weighted by molar-refractivity contribution is -0.384. The molecule has 0 atom stereocenters. The van der Waals surface area contributed by atoms with Crippen LogP contribution in [-0.4, -0.2) is 22.5 Å². The monoisotopic (exact) mass is 619 g/mol. The number of rotatable bonds is 6. The lowest BCUT2D eigenvalue weighted by Crippen LogP contribution is -2.27. The number of nitro groups is 1. The van der Waals surface area contributed by atoms with Gasteiger partial charge in [0.05, 0.1) is 10.6 Å². The molecule has 0 fully saturated rings. The Morgan fingerprint density at radius 3 is 2.25 bits per heavy atom. The summed E-state index contributed by atoms with van der Waals surface area (Å²) < 4.78 is 12.0. The topological polar surface area (TPSA) is 120 Å². The molecule has 2 amide bonds. The van der Waals surface area contributed by atoms with Gasteiger partial charge in [0.15, 0.2) is 5.75 Å². The Kier molecular flexibility index (Phi) is 8.36. The van der Waals surface area contributed by atoms with Gasteiger partial charge in [0.1, 0.15) is 17.0 Å². The molecule has 0 aliphatic heterocycles. The van der Waals surface area contributed by atoms with E-state index in [1.165, 1.54) is 6.07 Å². The number of nitrogens with one attached hydrogen (secondary N) is 2. The number of anilines is 2. The van der Waals surface area contributed by atoms with Crippen LogP contribution < -0.4 is 15.4 Å². The van der Waals surface area contributed by atoms with Crippen LogP contribution in [0.4, 0.5) is 21.9 Å². The Bertz CT molecular complexity index is 1320. The largest absolute Gasteiger partial charge is 0.455 e. The number of aryl methyl sites for hydroxylation is 1. The van der Waals surface area contributed by atoms with Crippen LogP contribution in [0.15, 0.2) is 63.5 Å². The number of carbonyl (C=O) groups excluding carboxylic acids is 2. The van der Waals surface area contributed by atoms with Crippen LogP contribution in [-0.2, 0) is 4.74 Å². The molecular weight excluding hydrogens is 598 g/mol. The first-order valence-electron chi connectivity index (χ1n) is 10.7. The van der Waals surface area contributed by atoms with Crippen LogP contribution in [0, 0.1) is 17.0 Å². The van der Waals surface area contributed by atoms with Gasteiger partial charge in [-0.3, -0.25) is 20.2 Å². The summed E-state index contributed by atoms with van der Waals surface area (Å²) in [5, 5.41) is 16.8. The molecule has 2 N–H and O–H groups in total. The smallest absolute Gasteiger partial charge is 0.412 e. The quantitative estimate of drug-likeness (QED) is 0.214. The minimum atomic E-state index is -0.865. The summed E-state index contributed by atoms with van der Waals surface area (Å²) in [6, 6.07) is 14.9. The highest BCUT2D eigenvalue weighted by Crippen LogP contribution is 2.36. The Hall–Kier alpha value is -3.44. The summed E-state index contributed by atoms with van der Waals surface area (Å²) in [6.45, 7) is 6.97. The van der Waals surface area contributed by atoms with Crippen molar-refractivity contribution in [3.05, 3.63) is 84.8 Å². The molecule has 0 heterocycles. The van der Waals surface area contributed by atoms with Crippen molar-refractivity contribution in [2.45, 2.75) is 33.3 Å².